The molecular weight excluding hydrogens is 148 g/mol. The molecule has 2 nitrogen and oxygen atoms in total. The van der Waals surface area contributed by atoms with E-state index in [4.69, 9.17) is 5.73 Å². The molecule has 0 aliphatic heterocycles. The van der Waals surface area contributed by atoms with E-state index in [0.717, 1.165) is 19.1 Å². The van der Waals surface area contributed by atoms with E-state index in [9.17, 15) is 0 Å². The smallest absolute Gasteiger partial charge is 0.00870 e. The molecule has 0 aliphatic carbocycles. The van der Waals surface area contributed by atoms with Gasteiger partial charge >= 0.3 is 0 Å². The SMILES string of the molecule is CCC(CC)N(C)CC(C)CN. The molecule has 0 bridgehead atoms. The molecule has 0 radical (unpaired) electrons. The first-order valence-corrected chi connectivity index (χ1v) is 5.05. The van der Waals surface area contributed by atoms with Crippen LogP contribution in [0.2, 0.25) is 0 Å². The third-order valence-electron chi connectivity index (χ3n) is 2.57. The van der Waals surface area contributed by atoms with E-state index in [0.29, 0.717) is 5.92 Å². The number of rotatable bonds is 6. The number of hydrogen-bond acceptors (Lipinski definition) is 2. The van der Waals surface area contributed by atoms with E-state index in [2.05, 4.69) is 32.7 Å². The Morgan fingerprint density at radius 3 is 2.08 bits per heavy atom. The Labute approximate surface area is 77.1 Å². The van der Waals surface area contributed by atoms with E-state index in [1.54, 1.807) is 0 Å². The molecule has 2 heteroatoms. The fourth-order valence-electron chi connectivity index (χ4n) is 1.63. The van der Waals surface area contributed by atoms with E-state index >= 15 is 0 Å². The number of nitrogens with zero attached hydrogens (tertiary/aromatic N) is 1. The zero-order chi connectivity index (χ0) is 9.56. The van der Waals surface area contributed by atoms with Crippen LogP contribution in [-0.4, -0.2) is 31.1 Å². The highest BCUT2D eigenvalue weighted by Gasteiger charge is 2.12. The Morgan fingerprint density at radius 1 is 1.25 bits per heavy atom. The zero-order valence-corrected chi connectivity index (χ0v) is 9.01. The lowest BCUT2D eigenvalue weighted by atomic mass is 10.1. The van der Waals surface area contributed by atoms with Crippen LogP contribution in [0, 0.1) is 5.92 Å². The van der Waals surface area contributed by atoms with Crippen molar-refractivity contribution < 1.29 is 0 Å². The van der Waals surface area contributed by atoms with Gasteiger partial charge in [-0.05, 0) is 32.4 Å². The minimum Gasteiger partial charge on any atom is -0.330 e. The predicted octanol–water partition coefficient (Wildman–Crippen LogP) is 1.70. The van der Waals surface area contributed by atoms with Crippen molar-refractivity contribution in [2.45, 2.75) is 39.7 Å². The molecule has 0 aromatic carbocycles. The van der Waals surface area contributed by atoms with Gasteiger partial charge in [0, 0.05) is 12.6 Å². The quantitative estimate of drug-likeness (QED) is 0.661. The standard InChI is InChI=1S/C10H24N2/c1-5-10(6-2)12(4)8-9(3)7-11/h9-10H,5-8,11H2,1-4H3. The van der Waals surface area contributed by atoms with Crippen LogP contribution in [-0.2, 0) is 0 Å². The van der Waals surface area contributed by atoms with Crippen molar-refractivity contribution in [1.29, 1.82) is 0 Å². The molecule has 0 aromatic rings. The molecule has 1 unspecified atom stereocenters. The van der Waals surface area contributed by atoms with Crippen molar-refractivity contribution >= 4 is 0 Å². The van der Waals surface area contributed by atoms with Crippen LogP contribution in [0.1, 0.15) is 33.6 Å². The maximum absolute atomic E-state index is 5.58. The van der Waals surface area contributed by atoms with Gasteiger partial charge in [0.2, 0.25) is 0 Å². The molecule has 12 heavy (non-hydrogen) atoms. The Balaban J connectivity index is 3.75. The topological polar surface area (TPSA) is 29.3 Å². The van der Waals surface area contributed by atoms with Gasteiger partial charge in [0.25, 0.3) is 0 Å². The first-order valence-electron chi connectivity index (χ1n) is 5.05. The van der Waals surface area contributed by atoms with E-state index in [1.807, 2.05) is 0 Å². The normalized spacial score (nSPS) is 14.2. The van der Waals surface area contributed by atoms with Crippen LogP contribution in [0.4, 0.5) is 0 Å². The van der Waals surface area contributed by atoms with Gasteiger partial charge in [-0.3, -0.25) is 0 Å². The van der Waals surface area contributed by atoms with Crippen molar-refractivity contribution in [1.82, 2.24) is 4.90 Å². The second-order valence-corrected chi connectivity index (χ2v) is 3.75. The van der Waals surface area contributed by atoms with Crippen LogP contribution < -0.4 is 5.73 Å². The summed E-state index contributed by atoms with van der Waals surface area (Å²) in [5, 5.41) is 0. The molecule has 0 fully saturated rings. The fourth-order valence-corrected chi connectivity index (χ4v) is 1.63. The predicted molar refractivity (Wildman–Crippen MR) is 55.2 cm³/mol. The molecule has 0 aliphatic rings. The first kappa shape index (κ1) is 11.9. The first-order chi connectivity index (χ1) is 5.65. The van der Waals surface area contributed by atoms with Crippen molar-refractivity contribution in [3.8, 4) is 0 Å². The highest BCUT2D eigenvalue weighted by molar-refractivity contribution is 4.67. The minimum absolute atomic E-state index is 0.621. The van der Waals surface area contributed by atoms with Crippen molar-refractivity contribution in [2.75, 3.05) is 20.1 Å². The van der Waals surface area contributed by atoms with Gasteiger partial charge in [-0.15, -0.1) is 0 Å². The highest BCUT2D eigenvalue weighted by Crippen LogP contribution is 2.07. The summed E-state index contributed by atoms with van der Waals surface area (Å²) in [6.45, 7) is 8.63. The monoisotopic (exact) mass is 172 g/mol. The van der Waals surface area contributed by atoms with Gasteiger partial charge in [0.15, 0.2) is 0 Å². The van der Waals surface area contributed by atoms with Crippen LogP contribution in [0.3, 0.4) is 0 Å². The minimum atomic E-state index is 0.621. The lowest BCUT2D eigenvalue weighted by Crippen LogP contribution is -2.36. The Kier molecular flexibility index (Phi) is 6.39. The number of nitrogens with two attached hydrogens (primary N) is 1. The molecule has 0 saturated carbocycles. The van der Waals surface area contributed by atoms with E-state index in [1.165, 1.54) is 12.8 Å². The van der Waals surface area contributed by atoms with Crippen LogP contribution >= 0.6 is 0 Å². The van der Waals surface area contributed by atoms with Gasteiger partial charge in [-0.1, -0.05) is 20.8 Å². The highest BCUT2D eigenvalue weighted by atomic mass is 15.1. The molecule has 0 saturated heterocycles. The molecule has 0 aromatic heterocycles. The van der Waals surface area contributed by atoms with E-state index in [-0.39, 0.29) is 0 Å². The summed E-state index contributed by atoms with van der Waals surface area (Å²) in [6.07, 6.45) is 2.48. The van der Waals surface area contributed by atoms with E-state index < -0.39 is 0 Å². The summed E-state index contributed by atoms with van der Waals surface area (Å²) in [6, 6.07) is 0.735. The number of hydrogen-bond donors (Lipinski definition) is 1. The summed E-state index contributed by atoms with van der Waals surface area (Å²) in [4.78, 5) is 2.43. The summed E-state index contributed by atoms with van der Waals surface area (Å²) >= 11 is 0. The molecular formula is C10H24N2. The van der Waals surface area contributed by atoms with Crippen LogP contribution in [0.15, 0.2) is 0 Å². The maximum Gasteiger partial charge on any atom is 0.00870 e. The van der Waals surface area contributed by atoms with Crippen LogP contribution in [0.25, 0.3) is 0 Å². The molecule has 0 rings (SSSR count). The Hall–Kier alpha value is -0.0800. The molecule has 0 spiro atoms. The maximum atomic E-state index is 5.58. The summed E-state index contributed by atoms with van der Waals surface area (Å²) in [5.74, 6) is 0.621. The molecule has 0 heterocycles. The van der Waals surface area contributed by atoms with Gasteiger partial charge in [0.1, 0.15) is 0 Å². The zero-order valence-electron chi connectivity index (χ0n) is 9.01. The average Bonchev–Trinajstić information content (AvgIpc) is 2.06. The lowest BCUT2D eigenvalue weighted by molar-refractivity contribution is 0.203. The van der Waals surface area contributed by atoms with Gasteiger partial charge < -0.3 is 10.6 Å². The van der Waals surface area contributed by atoms with Gasteiger partial charge in [-0.25, -0.2) is 0 Å². The summed E-state index contributed by atoms with van der Waals surface area (Å²) in [5.41, 5.74) is 5.58. The second-order valence-electron chi connectivity index (χ2n) is 3.75. The van der Waals surface area contributed by atoms with Crippen molar-refractivity contribution in [3.05, 3.63) is 0 Å². The lowest BCUT2D eigenvalue weighted by Gasteiger charge is -2.28. The van der Waals surface area contributed by atoms with Gasteiger partial charge in [0.05, 0.1) is 0 Å². The fraction of sp³-hybridized carbons (Fsp3) is 1.00. The van der Waals surface area contributed by atoms with Crippen molar-refractivity contribution in [2.24, 2.45) is 11.7 Å². The average molecular weight is 172 g/mol. The third kappa shape index (κ3) is 4.07. The molecule has 74 valence electrons. The Morgan fingerprint density at radius 2 is 1.75 bits per heavy atom. The molecule has 2 N–H and O–H groups in total. The van der Waals surface area contributed by atoms with Crippen molar-refractivity contribution in [3.63, 3.8) is 0 Å². The molecule has 1 atom stereocenters. The summed E-state index contributed by atoms with van der Waals surface area (Å²) in [7, 11) is 2.20. The Bertz CT molecular complexity index is 100. The van der Waals surface area contributed by atoms with Crippen LogP contribution in [0.5, 0.6) is 0 Å². The third-order valence-corrected chi connectivity index (χ3v) is 2.57. The second kappa shape index (κ2) is 6.44. The summed E-state index contributed by atoms with van der Waals surface area (Å²) < 4.78 is 0. The van der Waals surface area contributed by atoms with Gasteiger partial charge in [-0.2, -0.15) is 0 Å². The molecule has 0 amide bonds. The largest absolute Gasteiger partial charge is 0.330 e.